The number of imidazole rings is 1. The van der Waals surface area contributed by atoms with Gasteiger partial charge in [-0.15, -0.1) is 0 Å². The molecule has 1 aromatic heterocycles. The first-order valence-corrected chi connectivity index (χ1v) is 5.52. The van der Waals surface area contributed by atoms with Crippen LogP contribution in [0.4, 0.5) is 0 Å². The van der Waals surface area contributed by atoms with Gasteiger partial charge in [0, 0.05) is 30.9 Å². The Kier molecular flexibility index (Phi) is 2.59. The van der Waals surface area contributed by atoms with Crippen LogP contribution in [0.2, 0.25) is 0 Å². The van der Waals surface area contributed by atoms with Crippen molar-refractivity contribution < 1.29 is 0 Å². The van der Waals surface area contributed by atoms with E-state index in [9.17, 15) is 0 Å². The molecule has 3 nitrogen and oxygen atoms in total. The lowest BCUT2D eigenvalue weighted by molar-refractivity contribution is 0.418. The number of nitrogens with zero attached hydrogens (tertiary/aromatic N) is 2. The molecule has 1 saturated carbocycles. The number of aryl methyl sites for hydroxylation is 1. The first kappa shape index (κ1) is 9.71. The summed E-state index contributed by atoms with van der Waals surface area (Å²) in [5.74, 6) is 1.15. The van der Waals surface area contributed by atoms with Crippen molar-refractivity contribution in [3.8, 4) is 0 Å². The van der Waals surface area contributed by atoms with Crippen molar-refractivity contribution in [3.05, 3.63) is 18.2 Å². The van der Waals surface area contributed by atoms with Crippen LogP contribution in [0.5, 0.6) is 0 Å². The Hall–Kier alpha value is -0.830. The van der Waals surface area contributed by atoms with Crippen LogP contribution in [0.25, 0.3) is 0 Å². The lowest BCUT2D eigenvalue weighted by Gasteiger charge is -2.23. The molecule has 1 heterocycles. The van der Waals surface area contributed by atoms with Crippen molar-refractivity contribution in [3.63, 3.8) is 0 Å². The summed E-state index contributed by atoms with van der Waals surface area (Å²) in [6, 6.07) is 0. The van der Waals surface area contributed by atoms with Gasteiger partial charge in [0.1, 0.15) is 5.82 Å². The van der Waals surface area contributed by atoms with Crippen molar-refractivity contribution >= 4 is 0 Å². The number of hydrogen-bond acceptors (Lipinski definition) is 2. The third-order valence-electron chi connectivity index (χ3n) is 3.25. The standard InChI is InChI=1S/C11H19N3/c1-2-14-8-7-13-10(14)9-11(12)5-3-4-6-11/h7-8H,2-6,9,12H2,1H3. The van der Waals surface area contributed by atoms with E-state index in [0.717, 1.165) is 31.6 Å². The maximum Gasteiger partial charge on any atom is 0.110 e. The Bertz CT molecular complexity index is 297. The minimum atomic E-state index is 0.0261. The van der Waals surface area contributed by atoms with Crippen molar-refractivity contribution in [1.82, 2.24) is 9.55 Å². The molecule has 3 heteroatoms. The fourth-order valence-electron chi connectivity index (χ4n) is 2.37. The van der Waals surface area contributed by atoms with Gasteiger partial charge in [-0.25, -0.2) is 4.98 Å². The van der Waals surface area contributed by atoms with Crippen LogP contribution in [0, 0.1) is 0 Å². The highest BCUT2D eigenvalue weighted by Crippen LogP contribution is 2.29. The maximum absolute atomic E-state index is 6.32. The molecule has 0 bridgehead atoms. The summed E-state index contributed by atoms with van der Waals surface area (Å²) in [6.45, 7) is 3.13. The molecular weight excluding hydrogens is 174 g/mol. The molecule has 78 valence electrons. The second kappa shape index (κ2) is 3.73. The van der Waals surface area contributed by atoms with Gasteiger partial charge < -0.3 is 10.3 Å². The molecule has 1 aliphatic carbocycles. The van der Waals surface area contributed by atoms with Gasteiger partial charge in [-0.2, -0.15) is 0 Å². The van der Waals surface area contributed by atoms with E-state index in [4.69, 9.17) is 5.73 Å². The summed E-state index contributed by atoms with van der Waals surface area (Å²) in [7, 11) is 0. The zero-order valence-corrected chi connectivity index (χ0v) is 8.87. The monoisotopic (exact) mass is 193 g/mol. The van der Waals surface area contributed by atoms with Crippen molar-refractivity contribution in [2.75, 3.05) is 0 Å². The third-order valence-corrected chi connectivity index (χ3v) is 3.25. The molecule has 1 aromatic rings. The fourth-order valence-corrected chi connectivity index (χ4v) is 2.37. The molecule has 0 saturated heterocycles. The molecule has 0 aromatic carbocycles. The highest BCUT2D eigenvalue weighted by Gasteiger charge is 2.30. The number of rotatable bonds is 3. The largest absolute Gasteiger partial charge is 0.335 e. The number of aromatic nitrogens is 2. The average molecular weight is 193 g/mol. The van der Waals surface area contributed by atoms with Gasteiger partial charge in [0.2, 0.25) is 0 Å². The normalized spacial score (nSPS) is 20.1. The van der Waals surface area contributed by atoms with E-state index in [-0.39, 0.29) is 5.54 Å². The maximum atomic E-state index is 6.32. The van der Waals surface area contributed by atoms with E-state index < -0.39 is 0 Å². The Morgan fingerprint density at radius 1 is 1.50 bits per heavy atom. The first-order chi connectivity index (χ1) is 6.73. The summed E-state index contributed by atoms with van der Waals surface area (Å²) >= 11 is 0. The van der Waals surface area contributed by atoms with Gasteiger partial charge in [0.25, 0.3) is 0 Å². The van der Waals surface area contributed by atoms with Crippen LogP contribution >= 0.6 is 0 Å². The van der Waals surface area contributed by atoms with Crippen LogP contribution in [-0.2, 0) is 13.0 Å². The van der Waals surface area contributed by atoms with Crippen LogP contribution in [0.15, 0.2) is 12.4 Å². The molecule has 0 aliphatic heterocycles. The molecule has 0 unspecified atom stereocenters. The third kappa shape index (κ3) is 1.82. The van der Waals surface area contributed by atoms with Crippen LogP contribution in [-0.4, -0.2) is 15.1 Å². The molecule has 0 amide bonds. The van der Waals surface area contributed by atoms with Crippen molar-refractivity contribution in [2.24, 2.45) is 5.73 Å². The van der Waals surface area contributed by atoms with Gasteiger partial charge in [-0.3, -0.25) is 0 Å². The summed E-state index contributed by atoms with van der Waals surface area (Å²) in [5.41, 5.74) is 6.35. The topological polar surface area (TPSA) is 43.8 Å². The van der Waals surface area contributed by atoms with Gasteiger partial charge >= 0.3 is 0 Å². The fraction of sp³-hybridized carbons (Fsp3) is 0.727. The summed E-state index contributed by atoms with van der Waals surface area (Å²) < 4.78 is 2.19. The molecule has 1 aliphatic rings. The Labute approximate surface area is 85.3 Å². The number of hydrogen-bond donors (Lipinski definition) is 1. The van der Waals surface area contributed by atoms with Crippen molar-refractivity contribution in [2.45, 2.75) is 51.1 Å². The molecule has 0 atom stereocenters. The minimum absolute atomic E-state index is 0.0261. The predicted molar refractivity (Wildman–Crippen MR) is 57.0 cm³/mol. The van der Waals surface area contributed by atoms with E-state index in [0.29, 0.717) is 0 Å². The molecule has 14 heavy (non-hydrogen) atoms. The highest BCUT2D eigenvalue weighted by atomic mass is 15.1. The number of nitrogens with two attached hydrogens (primary N) is 1. The van der Waals surface area contributed by atoms with E-state index in [1.807, 2.05) is 12.4 Å². The predicted octanol–water partition coefficient (Wildman–Crippen LogP) is 1.72. The lowest BCUT2D eigenvalue weighted by Crippen LogP contribution is -2.39. The molecule has 0 radical (unpaired) electrons. The molecule has 2 N–H and O–H groups in total. The summed E-state index contributed by atoms with van der Waals surface area (Å²) in [6.07, 6.45) is 9.72. The molecule has 2 rings (SSSR count). The Morgan fingerprint density at radius 2 is 2.21 bits per heavy atom. The Morgan fingerprint density at radius 3 is 2.86 bits per heavy atom. The summed E-state index contributed by atoms with van der Waals surface area (Å²) in [5, 5.41) is 0. The van der Waals surface area contributed by atoms with E-state index in [1.54, 1.807) is 0 Å². The second-order valence-electron chi connectivity index (χ2n) is 4.38. The van der Waals surface area contributed by atoms with Gasteiger partial charge in [-0.05, 0) is 19.8 Å². The Balaban J connectivity index is 2.09. The van der Waals surface area contributed by atoms with Crippen LogP contribution in [0.3, 0.4) is 0 Å². The quantitative estimate of drug-likeness (QED) is 0.794. The van der Waals surface area contributed by atoms with E-state index >= 15 is 0 Å². The zero-order valence-electron chi connectivity index (χ0n) is 8.87. The first-order valence-electron chi connectivity index (χ1n) is 5.52. The van der Waals surface area contributed by atoms with Gasteiger partial charge in [0.15, 0.2) is 0 Å². The van der Waals surface area contributed by atoms with Gasteiger partial charge in [0.05, 0.1) is 0 Å². The van der Waals surface area contributed by atoms with E-state index in [1.165, 1.54) is 12.8 Å². The minimum Gasteiger partial charge on any atom is -0.335 e. The van der Waals surface area contributed by atoms with E-state index in [2.05, 4.69) is 16.5 Å². The smallest absolute Gasteiger partial charge is 0.110 e. The highest BCUT2D eigenvalue weighted by molar-refractivity contribution is 5.02. The van der Waals surface area contributed by atoms with Crippen LogP contribution < -0.4 is 5.73 Å². The molecule has 1 fully saturated rings. The van der Waals surface area contributed by atoms with Crippen LogP contribution in [0.1, 0.15) is 38.4 Å². The SMILES string of the molecule is CCn1ccnc1CC1(N)CCCC1. The van der Waals surface area contributed by atoms with Crippen molar-refractivity contribution in [1.29, 1.82) is 0 Å². The summed E-state index contributed by atoms with van der Waals surface area (Å²) in [4.78, 5) is 4.38. The molecule has 0 spiro atoms. The van der Waals surface area contributed by atoms with Gasteiger partial charge in [-0.1, -0.05) is 12.8 Å². The molecular formula is C11H19N3. The average Bonchev–Trinajstić information content (AvgIpc) is 2.75. The second-order valence-corrected chi connectivity index (χ2v) is 4.38. The lowest BCUT2D eigenvalue weighted by atomic mass is 9.94. The zero-order chi connectivity index (χ0) is 10.0.